The fourth-order valence-corrected chi connectivity index (χ4v) is 6.25. The van der Waals surface area contributed by atoms with E-state index in [1.54, 1.807) is 48.5 Å². The summed E-state index contributed by atoms with van der Waals surface area (Å²) in [6.45, 7) is 8.77. The van der Waals surface area contributed by atoms with Gasteiger partial charge in [0.25, 0.3) is 0 Å². The first kappa shape index (κ1) is 49.5. The lowest BCUT2D eigenvalue weighted by molar-refractivity contribution is -0.138. The standard InChI is InChI=1S/C49H62O12/c1-3-45(50)58-35-21-17-13-9-5-7-11-15-19-33-56-40-27-23-38(24-28-40)48(54)60-42-31-32-44(43(37-42)47(52)53)61-49(55)39-25-29-41(30-26-39)57-34-20-16-12-8-6-10-14-18-22-36-59-46(51)4-2/h3-4,23-32,37H,1-2,5-22,33-36H2,(H,52,53). The van der Waals surface area contributed by atoms with Gasteiger partial charge in [-0.2, -0.15) is 0 Å². The molecular formula is C49H62O12. The maximum atomic E-state index is 12.9. The van der Waals surface area contributed by atoms with Gasteiger partial charge in [0.1, 0.15) is 28.6 Å². The van der Waals surface area contributed by atoms with Crippen LogP contribution in [0.5, 0.6) is 23.0 Å². The molecule has 0 aliphatic carbocycles. The second-order valence-corrected chi connectivity index (χ2v) is 14.6. The van der Waals surface area contributed by atoms with Crippen LogP contribution in [0.4, 0.5) is 0 Å². The number of carbonyl (C=O) groups is 5. The molecule has 0 saturated heterocycles. The Balaban J connectivity index is 1.30. The molecule has 0 unspecified atom stereocenters. The Bertz CT molecular complexity index is 1800. The number of carbonyl (C=O) groups excluding carboxylic acids is 4. The van der Waals surface area contributed by atoms with Gasteiger partial charge in [0.05, 0.1) is 37.6 Å². The molecule has 0 atom stereocenters. The molecule has 0 aliphatic rings. The minimum atomic E-state index is -1.36. The second kappa shape index (κ2) is 30.2. The number of unbranched alkanes of at least 4 members (excludes halogenated alkanes) is 16. The summed E-state index contributed by atoms with van der Waals surface area (Å²) in [4.78, 5) is 59.9. The molecule has 0 radical (unpaired) electrons. The van der Waals surface area contributed by atoms with Crippen molar-refractivity contribution in [2.45, 2.75) is 116 Å². The van der Waals surface area contributed by atoms with E-state index >= 15 is 0 Å². The summed E-state index contributed by atoms with van der Waals surface area (Å²) in [5.41, 5.74) is 0.129. The molecule has 0 aliphatic heterocycles. The maximum Gasteiger partial charge on any atom is 0.343 e. The highest BCUT2D eigenvalue weighted by atomic mass is 16.5. The summed E-state index contributed by atoms with van der Waals surface area (Å²) in [6, 6.07) is 16.7. The first-order valence-electron chi connectivity index (χ1n) is 21.6. The van der Waals surface area contributed by atoms with Crippen molar-refractivity contribution in [1.29, 1.82) is 0 Å². The fraction of sp³-hybridized carbons (Fsp3) is 0.449. The van der Waals surface area contributed by atoms with E-state index in [2.05, 4.69) is 13.2 Å². The Labute approximate surface area is 360 Å². The molecule has 1 N–H and O–H groups in total. The average Bonchev–Trinajstić information content (AvgIpc) is 3.27. The number of hydrogen-bond donors (Lipinski definition) is 1. The highest BCUT2D eigenvalue weighted by molar-refractivity contribution is 5.96. The molecule has 0 amide bonds. The molecule has 0 bridgehead atoms. The number of carboxylic acids is 1. The van der Waals surface area contributed by atoms with Crippen LogP contribution in [0.15, 0.2) is 92.0 Å². The molecule has 0 spiro atoms. The van der Waals surface area contributed by atoms with Crippen LogP contribution >= 0.6 is 0 Å². The summed E-state index contributed by atoms with van der Waals surface area (Å²) in [5.74, 6) is -2.50. The normalized spacial score (nSPS) is 10.6. The lowest BCUT2D eigenvalue weighted by Crippen LogP contribution is -2.13. The van der Waals surface area contributed by atoms with Gasteiger partial charge in [-0.05, 0) is 92.4 Å². The predicted octanol–water partition coefficient (Wildman–Crippen LogP) is 11.1. The molecule has 3 aromatic carbocycles. The zero-order valence-electron chi connectivity index (χ0n) is 35.4. The van der Waals surface area contributed by atoms with Gasteiger partial charge < -0.3 is 33.5 Å². The first-order chi connectivity index (χ1) is 29.7. The third-order valence-electron chi connectivity index (χ3n) is 9.71. The molecule has 330 valence electrons. The minimum Gasteiger partial charge on any atom is -0.494 e. The van der Waals surface area contributed by atoms with Crippen molar-refractivity contribution in [3.63, 3.8) is 0 Å². The zero-order valence-corrected chi connectivity index (χ0v) is 35.4. The van der Waals surface area contributed by atoms with Crippen molar-refractivity contribution < 1.29 is 57.5 Å². The largest absolute Gasteiger partial charge is 0.494 e. The van der Waals surface area contributed by atoms with Crippen LogP contribution in [-0.2, 0) is 19.1 Å². The summed E-state index contributed by atoms with van der Waals surface area (Å²) in [6.07, 6.45) is 21.7. The SMILES string of the molecule is C=CC(=O)OCCCCCCCCCCCOc1ccc(C(=O)Oc2ccc(OC(=O)c3ccc(OCCCCCCCCCCCOC(=O)C=C)cc3)c(C(=O)O)c2)cc1. The van der Waals surface area contributed by atoms with E-state index in [-0.39, 0.29) is 40.1 Å². The van der Waals surface area contributed by atoms with Crippen LogP contribution in [0, 0.1) is 0 Å². The van der Waals surface area contributed by atoms with E-state index in [0.29, 0.717) is 37.9 Å². The van der Waals surface area contributed by atoms with Crippen LogP contribution in [0.1, 0.15) is 147 Å². The lowest BCUT2D eigenvalue weighted by atomic mass is 10.1. The molecule has 3 aromatic rings. The van der Waals surface area contributed by atoms with E-state index in [0.717, 1.165) is 89.5 Å². The van der Waals surface area contributed by atoms with E-state index < -0.39 is 17.9 Å². The first-order valence-corrected chi connectivity index (χ1v) is 21.6. The quantitative estimate of drug-likeness (QED) is 0.0268. The summed E-state index contributed by atoms with van der Waals surface area (Å²) >= 11 is 0. The van der Waals surface area contributed by atoms with Crippen LogP contribution in [0.25, 0.3) is 0 Å². The number of ether oxygens (including phenoxy) is 6. The molecule has 0 saturated carbocycles. The molecular weight excluding hydrogens is 781 g/mol. The minimum absolute atomic E-state index is 0.0204. The van der Waals surface area contributed by atoms with E-state index in [4.69, 9.17) is 28.4 Å². The highest BCUT2D eigenvalue weighted by Crippen LogP contribution is 2.27. The maximum absolute atomic E-state index is 12.9. The molecule has 0 fully saturated rings. The third kappa shape index (κ3) is 21.3. The van der Waals surface area contributed by atoms with Gasteiger partial charge >= 0.3 is 29.8 Å². The second-order valence-electron chi connectivity index (χ2n) is 14.6. The molecule has 12 nitrogen and oxygen atoms in total. The van der Waals surface area contributed by atoms with Crippen molar-refractivity contribution in [2.24, 2.45) is 0 Å². The van der Waals surface area contributed by atoms with Crippen molar-refractivity contribution in [3.8, 4) is 23.0 Å². The number of benzene rings is 3. The molecule has 61 heavy (non-hydrogen) atoms. The van der Waals surface area contributed by atoms with Gasteiger partial charge in [0, 0.05) is 12.2 Å². The molecule has 0 aromatic heterocycles. The average molecular weight is 843 g/mol. The molecule has 0 heterocycles. The van der Waals surface area contributed by atoms with Gasteiger partial charge in [0.15, 0.2) is 0 Å². The van der Waals surface area contributed by atoms with Gasteiger partial charge in [-0.25, -0.2) is 24.0 Å². The summed E-state index contributed by atoms with van der Waals surface area (Å²) < 4.78 is 32.5. The Kier molecular flexibility index (Phi) is 24.5. The topological polar surface area (TPSA) is 161 Å². The Morgan fingerprint density at radius 1 is 0.443 bits per heavy atom. The number of esters is 4. The number of hydrogen-bond acceptors (Lipinski definition) is 11. The van der Waals surface area contributed by atoms with E-state index in [1.807, 2.05) is 0 Å². The number of rotatable bonds is 33. The highest BCUT2D eigenvalue weighted by Gasteiger charge is 2.19. The van der Waals surface area contributed by atoms with E-state index in [1.165, 1.54) is 56.4 Å². The number of aromatic carboxylic acids is 1. The van der Waals surface area contributed by atoms with Crippen molar-refractivity contribution in [1.82, 2.24) is 0 Å². The zero-order chi connectivity index (χ0) is 43.9. The van der Waals surface area contributed by atoms with E-state index in [9.17, 15) is 29.1 Å². The Hall–Kier alpha value is -5.91. The number of carboxylic acid groups (broad SMARTS) is 1. The summed E-state index contributed by atoms with van der Waals surface area (Å²) in [5, 5.41) is 9.84. The Morgan fingerprint density at radius 2 is 0.787 bits per heavy atom. The molecule has 12 heteroatoms. The van der Waals surface area contributed by atoms with Gasteiger partial charge in [-0.1, -0.05) is 103 Å². The van der Waals surface area contributed by atoms with Gasteiger partial charge in [-0.15, -0.1) is 0 Å². The Morgan fingerprint density at radius 3 is 1.16 bits per heavy atom. The molecule has 3 rings (SSSR count). The lowest BCUT2D eigenvalue weighted by Gasteiger charge is -2.11. The summed E-state index contributed by atoms with van der Waals surface area (Å²) in [7, 11) is 0. The van der Waals surface area contributed by atoms with Crippen molar-refractivity contribution in [2.75, 3.05) is 26.4 Å². The third-order valence-corrected chi connectivity index (χ3v) is 9.71. The fourth-order valence-electron chi connectivity index (χ4n) is 6.25. The van der Waals surface area contributed by atoms with Crippen LogP contribution < -0.4 is 18.9 Å². The monoisotopic (exact) mass is 842 g/mol. The smallest absolute Gasteiger partial charge is 0.343 e. The van der Waals surface area contributed by atoms with Crippen molar-refractivity contribution >= 4 is 29.8 Å². The van der Waals surface area contributed by atoms with Gasteiger partial charge in [0.2, 0.25) is 0 Å². The van der Waals surface area contributed by atoms with Crippen LogP contribution in [0.2, 0.25) is 0 Å². The van der Waals surface area contributed by atoms with Gasteiger partial charge in [-0.3, -0.25) is 0 Å². The van der Waals surface area contributed by atoms with Crippen LogP contribution in [0.3, 0.4) is 0 Å². The van der Waals surface area contributed by atoms with Crippen LogP contribution in [-0.4, -0.2) is 61.4 Å². The van der Waals surface area contributed by atoms with Crippen molar-refractivity contribution in [3.05, 3.63) is 109 Å². The predicted molar refractivity (Wildman–Crippen MR) is 233 cm³/mol.